The van der Waals surface area contributed by atoms with E-state index in [9.17, 15) is 5.11 Å². The maximum atomic E-state index is 10.3. The summed E-state index contributed by atoms with van der Waals surface area (Å²) in [5.74, 6) is 1.85. The van der Waals surface area contributed by atoms with E-state index in [2.05, 4.69) is 11.4 Å². The second-order valence-electron chi connectivity index (χ2n) is 4.64. The van der Waals surface area contributed by atoms with Crippen molar-refractivity contribution >= 4 is 11.3 Å². The van der Waals surface area contributed by atoms with Crippen LogP contribution in [0.2, 0.25) is 0 Å². The van der Waals surface area contributed by atoms with Gasteiger partial charge in [0.05, 0.1) is 13.2 Å². The van der Waals surface area contributed by atoms with Gasteiger partial charge in [-0.2, -0.15) is 11.3 Å². The van der Waals surface area contributed by atoms with E-state index in [1.54, 1.807) is 18.4 Å². The molecule has 1 aromatic heterocycles. The normalized spacial score (nSPS) is 14.3. The lowest BCUT2D eigenvalue weighted by Crippen LogP contribution is -2.00. The topological polar surface area (TPSA) is 47.9 Å². The third-order valence-electron chi connectivity index (χ3n) is 3.35. The average Bonchev–Trinajstić information content (AvgIpc) is 3.14. The maximum Gasteiger partial charge on any atom is 0.231 e. The minimum Gasteiger partial charge on any atom is -0.493 e. The molecule has 0 radical (unpaired) electrons. The Bertz CT molecular complexity index is 580. The van der Waals surface area contributed by atoms with Gasteiger partial charge in [0.25, 0.3) is 0 Å². The van der Waals surface area contributed by atoms with Crippen LogP contribution in [-0.4, -0.2) is 19.0 Å². The summed E-state index contributed by atoms with van der Waals surface area (Å²) in [7, 11) is 1.58. The fourth-order valence-corrected chi connectivity index (χ4v) is 2.95. The first-order valence-corrected chi connectivity index (χ1v) is 7.39. The summed E-state index contributed by atoms with van der Waals surface area (Å²) in [6.45, 7) is 0.195. The van der Waals surface area contributed by atoms with Crippen LogP contribution < -0.4 is 14.2 Å². The van der Waals surface area contributed by atoms with Crippen molar-refractivity contribution in [3.8, 4) is 17.2 Å². The van der Waals surface area contributed by atoms with Gasteiger partial charge in [0.2, 0.25) is 12.5 Å². The quantitative estimate of drug-likeness (QED) is 0.919. The van der Waals surface area contributed by atoms with Crippen LogP contribution in [0.4, 0.5) is 0 Å². The van der Waals surface area contributed by atoms with Gasteiger partial charge >= 0.3 is 0 Å². The summed E-state index contributed by atoms with van der Waals surface area (Å²) in [5, 5.41) is 14.5. The number of aryl methyl sites for hydroxylation is 1. The number of aliphatic hydroxyl groups is 1. The number of thiophene rings is 1. The molecule has 0 amide bonds. The molecule has 0 saturated carbocycles. The van der Waals surface area contributed by atoms with Gasteiger partial charge in [-0.15, -0.1) is 0 Å². The molecule has 0 spiro atoms. The Morgan fingerprint density at radius 1 is 1.40 bits per heavy atom. The smallest absolute Gasteiger partial charge is 0.231 e. The van der Waals surface area contributed by atoms with Crippen LogP contribution in [0.5, 0.6) is 17.2 Å². The largest absolute Gasteiger partial charge is 0.493 e. The van der Waals surface area contributed by atoms with Crippen LogP contribution in [0.3, 0.4) is 0 Å². The molecule has 20 heavy (non-hydrogen) atoms. The van der Waals surface area contributed by atoms with E-state index >= 15 is 0 Å². The number of aliphatic hydroxyl groups excluding tert-OH is 1. The molecule has 4 nitrogen and oxygen atoms in total. The van der Waals surface area contributed by atoms with E-state index in [0.29, 0.717) is 23.7 Å². The first kappa shape index (κ1) is 13.3. The SMILES string of the molecule is COc1cc(C(O)CCc2ccsc2)cc2c1OCO2. The van der Waals surface area contributed by atoms with E-state index in [1.807, 2.05) is 17.5 Å². The highest BCUT2D eigenvalue weighted by molar-refractivity contribution is 7.07. The first-order chi connectivity index (χ1) is 9.78. The van der Waals surface area contributed by atoms with Gasteiger partial charge in [0, 0.05) is 0 Å². The zero-order chi connectivity index (χ0) is 13.9. The van der Waals surface area contributed by atoms with Crippen LogP contribution in [0.25, 0.3) is 0 Å². The zero-order valence-electron chi connectivity index (χ0n) is 11.2. The van der Waals surface area contributed by atoms with Crippen molar-refractivity contribution in [3.63, 3.8) is 0 Å². The number of methoxy groups -OCH3 is 1. The van der Waals surface area contributed by atoms with Crippen LogP contribution in [0, 0.1) is 0 Å². The molecule has 1 atom stereocenters. The van der Waals surface area contributed by atoms with Gasteiger partial charge in [-0.1, -0.05) is 0 Å². The summed E-state index contributed by atoms with van der Waals surface area (Å²) >= 11 is 1.67. The molecule has 0 bridgehead atoms. The Hall–Kier alpha value is -1.72. The summed E-state index contributed by atoms with van der Waals surface area (Å²) in [4.78, 5) is 0. The third-order valence-corrected chi connectivity index (χ3v) is 4.08. The third kappa shape index (κ3) is 2.59. The highest BCUT2D eigenvalue weighted by Crippen LogP contribution is 2.43. The monoisotopic (exact) mass is 292 g/mol. The van der Waals surface area contributed by atoms with Crippen molar-refractivity contribution in [1.29, 1.82) is 0 Å². The molecule has 0 aliphatic carbocycles. The molecule has 1 aliphatic rings. The second kappa shape index (κ2) is 5.73. The molecule has 3 rings (SSSR count). The molecular formula is C15H16O4S. The average molecular weight is 292 g/mol. The zero-order valence-corrected chi connectivity index (χ0v) is 12.0. The molecule has 2 aromatic rings. The lowest BCUT2D eigenvalue weighted by molar-refractivity contribution is 0.165. The summed E-state index contributed by atoms with van der Waals surface area (Å²) in [6.07, 6.45) is 0.972. The summed E-state index contributed by atoms with van der Waals surface area (Å²) < 4.78 is 16.0. The van der Waals surface area contributed by atoms with Gasteiger partial charge in [-0.3, -0.25) is 0 Å². The Balaban J connectivity index is 1.76. The molecule has 106 valence electrons. The molecule has 2 heterocycles. The predicted octanol–water partition coefficient (Wildman–Crippen LogP) is 3.15. The fraction of sp³-hybridized carbons (Fsp3) is 0.333. The highest BCUT2D eigenvalue weighted by atomic mass is 32.1. The molecule has 5 heteroatoms. The molecule has 1 aromatic carbocycles. The maximum absolute atomic E-state index is 10.3. The summed E-state index contributed by atoms with van der Waals surface area (Å²) in [5.41, 5.74) is 2.04. The fourth-order valence-electron chi connectivity index (χ4n) is 2.25. The Morgan fingerprint density at radius 2 is 2.30 bits per heavy atom. The van der Waals surface area contributed by atoms with E-state index < -0.39 is 6.10 Å². The summed E-state index contributed by atoms with van der Waals surface area (Å²) in [6, 6.07) is 5.71. The van der Waals surface area contributed by atoms with E-state index in [4.69, 9.17) is 14.2 Å². The second-order valence-corrected chi connectivity index (χ2v) is 5.42. The molecule has 0 fully saturated rings. The molecule has 1 N–H and O–H groups in total. The predicted molar refractivity (Wildman–Crippen MR) is 76.7 cm³/mol. The molecule has 1 unspecified atom stereocenters. The lowest BCUT2D eigenvalue weighted by Gasteiger charge is -2.13. The van der Waals surface area contributed by atoms with Crippen LogP contribution in [0.1, 0.15) is 23.7 Å². The molecule has 0 saturated heterocycles. The van der Waals surface area contributed by atoms with E-state index in [-0.39, 0.29) is 6.79 Å². The minimum atomic E-state index is -0.543. The number of rotatable bonds is 5. The molecular weight excluding hydrogens is 276 g/mol. The van der Waals surface area contributed by atoms with E-state index in [0.717, 1.165) is 12.0 Å². The van der Waals surface area contributed by atoms with Crippen molar-refractivity contribution in [2.75, 3.05) is 13.9 Å². The van der Waals surface area contributed by atoms with Crippen molar-refractivity contribution in [2.45, 2.75) is 18.9 Å². The van der Waals surface area contributed by atoms with Crippen molar-refractivity contribution in [3.05, 3.63) is 40.1 Å². The number of benzene rings is 1. The van der Waals surface area contributed by atoms with Crippen LogP contribution >= 0.6 is 11.3 Å². The van der Waals surface area contributed by atoms with Crippen molar-refractivity contribution < 1.29 is 19.3 Å². The van der Waals surface area contributed by atoms with E-state index in [1.165, 1.54) is 5.56 Å². The standard InChI is InChI=1S/C15H16O4S/c1-17-13-6-11(7-14-15(13)19-9-18-14)12(16)3-2-10-4-5-20-8-10/h4-8,12,16H,2-3,9H2,1H3. The Morgan fingerprint density at radius 3 is 3.05 bits per heavy atom. The molecule has 1 aliphatic heterocycles. The van der Waals surface area contributed by atoms with Crippen LogP contribution in [0.15, 0.2) is 29.0 Å². The number of hydrogen-bond acceptors (Lipinski definition) is 5. The highest BCUT2D eigenvalue weighted by Gasteiger charge is 2.22. The van der Waals surface area contributed by atoms with Gasteiger partial charge in [-0.25, -0.2) is 0 Å². The van der Waals surface area contributed by atoms with Gasteiger partial charge in [0.15, 0.2) is 11.5 Å². The minimum absolute atomic E-state index is 0.195. The number of hydrogen-bond donors (Lipinski definition) is 1. The van der Waals surface area contributed by atoms with Gasteiger partial charge in [0.1, 0.15) is 0 Å². The van der Waals surface area contributed by atoms with Crippen molar-refractivity contribution in [1.82, 2.24) is 0 Å². The first-order valence-electron chi connectivity index (χ1n) is 6.44. The van der Waals surface area contributed by atoms with Gasteiger partial charge < -0.3 is 19.3 Å². The van der Waals surface area contributed by atoms with Crippen LogP contribution in [-0.2, 0) is 6.42 Å². The van der Waals surface area contributed by atoms with Crippen molar-refractivity contribution in [2.24, 2.45) is 0 Å². The van der Waals surface area contributed by atoms with Gasteiger partial charge in [-0.05, 0) is 52.9 Å². The Labute approximate surface area is 121 Å². The Kier molecular flexibility index (Phi) is 3.80. The lowest BCUT2D eigenvalue weighted by atomic mass is 10.0. The number of ether oxygens (including phenoxy) is 3. The number of fused-ring (bicyclic) bond motifs is 1.